The molecule has 0 spiro atoms. The van der Waals surface area contributed by atoms with Crippen LogP contribution in [0.3, 0.4) is 0 Å². The van der Waals surface area contributed by atoms with Crippen LogP contribution < -0.4 is 0 Å². The largest absolute Gasteiger partial charge is 0.337 e. The first-order valence-corrected chi connectivity index (χ1v) is 9.16. The first-order chi connectivity index (χ1) is 9.85. The smallest absolute Gasteiger partial charge is 0.223 e. The first kappa shape index (κ1) is 16.9. The van der Waals surface area contributed by atoms with E-state index in [0.717, 1.165) is 24.7 Å². The molecule has 2 aliphatic rings. The van der Waals surface area contributed by atoms with E-state index in [-0.39, 0.29) is 0 Å². The predicted molar refractivity (Wildman–Crippen MR) is 92.3 cm³/mol. The number of amides is 1. The minimum atomic E-state index is 0.363. The molecular weight excluding hydrogens is 257 g/mol. The van der Waals surface area contributed by atoms with Crippen LogP contribution in [0.1, 0.15) is 79.1 Å². The maximum Gasteiger partial charge on any atom is 0.223 e. The number of fused-ring (bicyclic) bond motifs is 1. The van der Waals surface area contributed by atoms with Crippen LogP contribution in [0.2, 0.25) is 5.31 Å². The van der Waals surface area contributed by atoms with Crippen LogP contribution in [-0.4, -0.2) is 30.7 Å². The fraction of sp³-hybridized carbons (Fsp3) is 0.944. The quantitative estimate of drug-likeness (QED) is 0.709. The minimum absolute atomic E-state index is 0.363. The summed E-state index contributed by atoms with van der Waals surface area (Å²) in [5, 5.41) is 0.499. The van der Waals surface area contributed by atoms with Gasteiger partial charge in [-0.05, 0) is 44.9 Å². The number of likely N-dealkylation sites (tertiary alicyclic amines) is 1. The molecule has 2 rings (SSSR count). The molecule has 1 aliphatic carbocycles. The zero-order valence-corrected chi connectivity index (χ0v) is 14.8. The van der Waals surface area contributed by atoms with Gasteiger partial charge in [-0.25, -0.2) is 0 Å². The highest BCUT2D eigenvalue weighted by atomic mass is 16.2. The summed E-state index contributed by atoms with van der Waals surface area (Å²) >= 11 is 0. The van der Waals surface area contributed by atoms with E-state index in [4.69, 9.17) is 0 Å². The predicted octanol–water partition coefficient (Wildman–Crippen LogP) is 3.80. The zero-order chi connectivity index (χ0) is 15.6. The summed E-state index contributed by atoms with van der Waals surface area (Å²) in [5.74, 6) is 1.90. The van der Waals surface area contributed by atoms with Crippen LogP contribution in [0.4, 0.5) is 0 Å². The molecule has 2 fully saturated rings. The summed E-state index contributed by atoms with van der Waals surface area (Å²) < 4.78 is 0. The van der Waals surface area contributed by atoms with E-state index in [1.54, 1.807) is 0 Å². The summed E-state index contributed by atoms with van der Waals surface area (Å²) in [7, 11) is 2.49. The second kappa shape index (κ2) is 6.75. The van der Waals surface area contributed by atoms with Crippen molar-refractivity contribution in [2.45, 2.75) is 96.5 Å². The van der Waals surface area contributed by atoms with Crippen molar-refractivity contribution in [2.75, 3.05) is 0 Å². The Hall–Kier alpha value is -0.465. The Labute approximate surface area is 132 Å². The van der Waals surface area contributed by atoms with Gasteiger partial charge < -0.3 is 4.90 Å². The lowest BCUT2D eigenvalue weighted by molar-refractivity contribution is -0.141. The number of carbonyl (C=O) groups is 1. The van der Waals surface area contributed by atoms with Gasteiger partial charge >= 0.3 is 0 Å². The summed E-state index contributed by atoms with van der Waals surface area (Å²) in [6, 6.07) is 0.878. The molecule has 3 heteroatoms. The van der Waals surface area contributed by atoms with Crippen LogP contribution in [0.15, 0.2) is 0 Å². The number of hydrogen-bond donors (Lipinski definition) is 0. The van der Waals surface area contributed by atoms with Crippen molar-refractivity contribution in [1.29, 1.82) is 0 Å². The third-order valence-corrected chi connectivity index (χ3v) is 6.45. The van der Waals surface area contributed by atoms with Crippen molar-refractivity contribution in [3.05, 3.63) is 0 Å². The number of rotatable bonds is 2. The number of piperidine rings is 1. The molecular formula is C18H34BNO. The van der Waals surface area contributed by atoms with E-state index in [0.29, 0.717) is 23.3 Å². The van der Waals surface area contributed by atoms with Crippen LogP contribution in [0.25, 0.3) is 0 Å². The Balaban J connectivity index is 2.15. The third-order valence-electron chi connectivity index (χ3n) is 6.45. The van der Waals surface area contributed by atoms with Crippen LogP contribution >= 0.6 is 0 Å². The van der Waals surface area contributed by atoms with Crippen LogP contribution in [-0.2, 0) is 4.79 Å². The zero-order valence-electron chi connectivity index (χ0n) is 14.8. The topological polar surface area (TPSA) is 20.3 Å². The van der Waals surface area contributed by atoms with Crippen LogP contribution in [0.5, 0.6) is 0 Å². The van der Waals surface area contributed by atoms with Gasteiger partial charge in [0.25, 0.3) is 0 Å². The average molecular weight is 291 g/mol. The SMILES string of the molecule is BC1(C(C)C)CCCCC2C(CCC(=O)N2C(C)C)CC1. The van der Waals surface area contributed by atoms with E-state index in [2.05, 4.69) is 40.4 Å². The van der Waals surface area contributed by atoms with Gasteiger partial charge in [-0.3, -0.25) is 4.79 Å². The van der Waals surface area contributed by atoms with E-state index in [1.807, 2.05) is 0 Å². The minimum Gasteiger partial charge on any atom is -0.337 e. The molecule has 0 aromatic carbocycles. The molecule has 2 nitrogen and oxygen atoms in total. The summed E-state index contributed by atoms with van der Waals surface area (Å²) in [6.45, 7) is 9.15. The number of hydrogen-bond acceptors (Lipinski definition) is 1. The van der Waals surface area contributed by atoms with Gasteiger partial charge in [0.05, 0.1) is 0 Å². The molecule has 0 bridgehead atoms. The molecule has 1 heterocycles. The molecule has 0 N–H and O–H groups in total. The molecule has 1 amide bonds. The molecule has 3 unspecified atom stereocenters. The second-order valence-electron chi connectivity index (χ2n) is 8.35. The van der Waals surface area contributed by atoms with Gasteiger partial charge in [-0.1, -0.05) is 44.8 Å². The van der Waals surface area contributed by atoms with Crippen molar-refractivity contribution >= 4 is 13.8 Å². The molecule has 0 radical (unpaired) electrons. The van der Waals surface area contributed by atoms with Gasteiger partial charge in [-0.2, -0.15) is 0 Å². The van der Waals surface area contributed by atoms with Gasteiger partial charge in [0, 0.05) is 18.5 Å². The van der Waals surface area contributed by atoms with Gasteiger partial charge in [0.15, 0.2) is 0 Å². The molecule has 3 atom stereocenters. The Morgan fingerprint density at radius 2 is 1.81 bits per heavy atom. The Morgan fingerprint density at radius 1 is 1.10 bits per heavy atom. The van der Waals surface area contributed by atoms with E-state index < -0.39 is 0 Å². The van der Waals surface area contributed by atoms with Gasteiger partial charge in [0.1, 0.15) is 7.85 Å². The van der Waals surface area contributed by atoms with Crippen LogP contribution in [0, 0.1) is 11.8 Å². The number of nitrogens with zero attached hydrogens (tertiary/aromatic N) is 1. The molecule has 120 valence electrons. The first-order valence-electron chi connectivity index (χ1n) is 9.16. The van der Waals surface area contributed by atoms with Crippen molar-refractivity contribution in [2.24, 2.45) is 11.8 Å². The third kappa shape index (κ3) is 3.66. The molecule has 0 aromatic rings. The van der Waals surface area contributed by atoms with E-state index in [1.165, 1.54) is 38.5 Å². The fourth-order valence-electron chi connectivity index (χ4n) is 4.52. The standard InChI is InChI=1S/C18H34BNO/c1-13(2)18(19)11-6-5-7-16-15(10-12-18)8-9-17(21)20(16)14(3)4/h13-16H,5-12,19H2,1-4H3. The lowest BCUT2D eigenvalue weighted by Crippen LogP contribution is -2.51. The lowest BCUT2D eigenvalue weighted by atomic mass is 9.56. The fourth-order valence-corrected chi connectivity index (χ4v) is 4.52. The molecule has 1 saturated heterocycles. The monoisotopic (exact) mass is 291 g/mol. The van der Waals surface area contributed by atoms with E-state index >= 15 is 0 Å². The van der Waals surface area contributed by atoms with Gasteiger partial charge in [-0.15, -0.1) is 0 Å². The summed E-state index contributed by atoms with van der Waals surface area (Å²) in [6.07, 6.45) is 9.76. The molecule has 0 aromatic heterocycles. The molecule has 21 heavy (non-hydrogen) atoms. The number of carbonyl (C=O) groups excluding carboxylic acids is 1. The van der Waals surface area contributed by atoms with Crippen molar-refractivity contribution < 1.29 is 4.79 Å². The highest BCUT2D eigenvalue weighted by molar-refractivity contribution is 6.15. The Bertz CT molecular complexity index is 368. The van der Waals surface area contributed by atoms with Gasteiger partial charge in [0.2, 0.25) is 5.91 Å². The Morgan fingerprint density at radius 3 is 2.43 bits per heavy atom. The second-order valence-corrected chi connectivity index (χ2v) is 8.35. The highest BCUT2D eigenvalue weighted by Gasteiger charge is 2.39. The highest BCUT2D eigenvalue weighted by Crippen LogP contribution is 2.46. The van der Waals surface area contributed by atoms with Crippen molar-refractivity contribution in [1.82, 2.24) is 4.90 Å². The molecule has 1 aliphatic heterocycles. The van der Waals surface area contributed by atoms with Crippen molar-refractivity contribution in [3.8, 4) is 0 Å². The average Bonchev–Trinajstić information content (AvgIpc) is 2.49. The van der Waals surface area contributed by atoms with E-state index in [9.17, 15) is 4.79 Å². The Kier molecular flexibility index (Phi) is 5.43. The lowest BCUT2D eigenvalue weighted by Gasteiger charge is -2.44. The maximum atomic E-state index is 12.3. The normalized spacial score (nSPS) is 35.3. The molecule has 1 saturated carbocycles. The van der Waals surface area contributed by atoms with Crippen molar-refractivity contribution in [3.63, 3.8) is 0 Å². The maximum absolute atomic E-state index is 12.3. The summed E-state index contributed by atoms with van der Waals surface area (Å²) in [4.78, 5) is 14.6. The summed E-state index contributed by atoms with van der Waals surface area (Å²) in [5.41, 5.74) is 0.